The monoisotopic (exact) mass is 387 g/mol. The van der Waals surface area contributed by atoms with Crippen molar-refractivity contribution in [2.45, 2.75) is 32.7 Å². The summed E-state index contributed by atoms with van der Waals surface area (Å²) >= 11 is 1.53. The highest BCUT2D eigenvalue weighted by molar-refractivity contribution is 7.20. The van der Waals surface area contributed by atoms with Crippen molar-refractivity contribution in [2.24, 2.45) is 5.92 Å². The van der Waals surface area contributed by atoms with Crippen LogP contribution in [0.25, 0.3) is 16.2 Å². The van der Waals surface area contributed by atoms with Crippen LogP contribution in [0, 0.1) is 11.7 Å². The maximum atomic E-state index is 13.1. The van der Waals surface area contributed by atoms with Gasteiger partial charge in [-0.3, -0.25) is 4.79 Å². The number of aromatic nitrogens is 3. The molecule has 27 heavy (non-hydrogen) atoms. The second kappa shape index (κ2) is 7.26. The smallest absolute Gasteiger partial charge is 0.222 e. The van der Waals surface area contributed by atoms with Crippen LogP contribution in [0.15, 0.2) is 30.5 Å². The lowest BCUT2D eigenvalue weighted by atomic mass is 10.1. The summed E-state index contributed by atoms with van der Waals surface area (Å²) in [5.74, 6) is -0.169. The fraction of sp³-hybridized carbons (Fsp3) is 0.421. The number of carbonyl (C=O) groups excluding carboxylic acids is 1. The lowest BCUT2D eigenvalue weighted by Crippen LogP contribution is -2.48. The molecule has 2 aromatic heterocycles. The van der Waals surface area contributed by atoms with Gasteiger partial charge in [-0.2, -0.15) is 0 Å². The van der Waals surface area contributed by atoms with E-state index < -0.39 is 0 Å². The second-order valence-electron chi connectivity index (χ2n) is 7.19. The standard InChI is InChI=1S/C19H22FN5OS/c1-12(2)17(26)21-15-4-3-9-24(10-15)19-23-25-11-16(22-18(25)27-19)13-5-7-14(20)8-6-13/h5-8,11-12,15H,3-4,9-10H2,1-2H3,(H,21,26). The minimum absolute atomic E-state index is 0.00610. The van der Waals surface area contributed by atoms with Crippen LogP contribution in [-0.2, 0) is 4.79 Å². The first-order valence-electron chi connectivity index (χ1n) is 9.17. The number of nitrogens with zero attached hydrogens (tertiary/aromatic N) is 4. The minimum atomic E-state index is -0.260. The van der Waals surface area contributed by atoms with E-state index in [4.69, 9.17) is 0 Å². The van der Waals surface area contributed by atoms with Crippen molar-refractivity contribution >= 4 is 27.3 Å². The minimum Gasteiger partial charge on any atom is -0.351 e. The number of carbonyl (C=O) groups is 1. The highest BCUT2D eigenvalue weighted by atomic mass is 32.1. The van der Waals surface area contributed by atoms with E-state index in [1.165, 1.54) is 23.5 Å². The number of piperidine rings is 1. The Balaban J connectivity index is 1.50. The Morgan fingerprint density at radius 2 is 2.11 bits per heavy atom. The predicted molar refractivity (Wildman–Crippen MR) is 104 cm³/mol. The third-order valence-electron chi connectivity index (χ3n) is 4.74. The molecule has 1 atom stereocenters. The van der Waals surface area contributed by atoms with Crippen molar-refractivity contribution in [3.05, 3.63) is 36.3 Å². The molecule has 1 fully saturated rings. The molecule has 0 radical (unpaired) electrons. The molecule has 1 N–H and O–H groups in total. The van der Waals surface area contributed by atoms with Crippen molar-refractivity contribution < 1.29 is 9.18 Å². The van der Waals surface area contributed by atoms with Gasteiger partial charge in [-0.15, -0.1) is 5.10 Å². The van der Waals surface area contributed by atoms with Crippen LogP contribution >= 0.6 is 11.3 Å². The van der Waals surface area contributed by atoms with E-state index in [1.807, 2.05) is 20.0 Å². The van der Waals surface area contributed by atoms with Gasteiger partial charge in [0.15, 0.2) is 0 Å². The third-order valence-corrected chi connectivity index (χ3v) is 5.72. The number of nitrogens with one attached hydrogen (secondary N) is 1. The van der Waals surface area contributed by atoms with Crippen molar-refractivity contribution in [3.63, 3.8) is 0 Å². The number of rotatable bonds is 4. The fourth-order valence-corrected chi connectivity index (χ4v) is 4.13. The molecular formula is C19H22FN5OS. The van der Waals surface area contributed by atoms with Crippen LogP contribution in [0.4, 0.5) is 9.52 Å². The van der Waals surface area contributed by atoms with Gasteiger partial charge in [0, 0.05) is 30.6 Å². The highest BCUT2D eigenvalue weighted by Crippen LogP contribution is 2.28. The van der Waals surface area contributed by atoms with Crippen molar-refractivity contribution in [3.8, 4) is 11.3 Å². The van der Waals surface area contributed by atoms with Gasteiger partial charge < -0.3 is 10.2 Å². The summed E-state index contributed by atoms with van der Waals surface area (Å²) in [7, 11) is 0. The van der Waals surface area contributed by atoms with E-state index in [0.29, 0.717) is 0 Å². The van der Waals surface area contributed by atoms with E-state index >= 15 is 0 Å². The number of halogens is 1. The molecular weight excluding hydrogens is 365 g/mol. The molecule has 1 aromatic carbocycles. The Morgan fingerprint density at radius 3 is 2.81 bits per heavy atom. The predicted octanol–water partition coefficient (Wildman–Crippen LogP) is 3.34. The van der Waals surface area contributed by atoms with Crippen LogP contribution in [0.3, 0.4) is 0 Å². The molecule has 1 unspecified atom stereocenters. The van der Waals surface area contributed by atoms with Gasteiger partial charge in [-0.1, -0.05) is 25.2 Å². The zero-order chi connectivity index (χ0) is 19.0. The number of imidazole rings is 1. The van der Waals surface area contributed by atoms with Crippen LogP contribution in [0.5, 0.6) is 0 Å². The molecule has 4 rings (SSSR count). The van der Waals surface area contributed by atoms with Crippen LogP contribution in [-0.4, -0.2) is 39.6 Å². The first-order valence-corrected chi connectivity index (χ1v) is 9.99. The van der Waals surface area contributed by atoms with Crippen molar-refractivity contribution in [1.82, 2.24) is 19.9 Å². The number of anilines is 1. The summed E-state index contributed by atoms with van der Waals surface area (Å²) in [6, 6.07) is 6.45. The van der Waals surface area contributed by atoms with Gasteiger partial charge in [-0.05, 0) is 37.1 Å². The Kier molecular flexibility index (Phi) is 4.82. The van der Waals surface area contributed by atoms with Gasteiger partial charge in [0.1, 0.15) is 5.82 Å². The lowest BCUT2D eigenvalue weighted by Gasteiger charge is -2.33. The third kappa shape index (κ3) is 3.80. The maximum Gasteiger partial charge on any atom is 0.222 e. The molecule has 8 heteroatoms. The van der Waals surface area contributed by atoms with Crippen molar-refractivity contribution in [1.29, 1.82) is 0 Å². The Bertz CT molecular complexity index is 917. The normalized spacial score (nSPS) is 17.6. The molecule has 3 aromatic rings. The SMILES string of the molecule is CC(C)C(=O)NC1CCCN(c2nn3cc(-c4ccc(F)cc4)nc3s2)C1. The average Bonchev–Trinajstić information content (AvgIpc) is 3.21. The summed E-state index contributed by atoms with van der Waals surface area (Å²) in [6.45, 7) is 5.50. The maximum absolute atomic E-state index is 13.1. The Labute approximate surface area is 161 Å². The van der Waals surface area contributed by atoms with Gasteiger partial charge in [-0.25, -0.2) is 13.9 Å². The zero-order valence-corrected chi connectivity index (χ0v) is 16.2. The van der Waals surface area contributed by atoms with Gasteiger partial charge >= 0.3 is 0 Å². The molecule has 0 saturated carbocycles. The molecule has 0 bridgehead atoms. The number of benzene rings is 1. The quantitative estimate of drug-likeness (QED) is 0.746. The summed E-state index contributed by atoms with van der Waals surface area (Å²) in [5, 5.41) is 8.69. The van der Waals surface area contributed by atoms with E-state index in [2.05, 4.69) is 20.3 Å². The Hall–Kier alpha value is -2.48. The Morgan fingerprint density at radius 1 is 1.33 bits per heavy atom. The molecule has 1 saturated heterocycles. The summed E-state index contributed by atoms with van der Waals surface area (Å²) < 4.78 is 14.9. The van der Waals surface area contributed by atoms with E-state index in [1.54, 1.807) is 16.6 Å². The number of hydrogen-bond acceptors (Lipinski definition) is 5. The molecule has 0 spiro atoms. The van der Waals surface area contributed by atoms with Crippen molar-refractivity contribution in [2.75, 3.05) is 18.0 Å². The largest absolute Gasteiger partial charge is 0.351 e. The zero-order valence-electron chi connectivity index (χ0n) is 15.4. The topological polar surface area (TPSA) is 62.5 Å². The summed E-state index contributed by atoms with van der Waals surface area (Å²) in [5.41, 5.74) is 1.64. The van der Waals surface area contributed by atoms with E-state index in [9.17, 15) is 9.18 Å². The molecule has 1 aliphatic rings. The molecule has 142 valence electrons. The highest BCUT2D eigenvalue weighted by Gasteiger charge is 2.25. The van der Waals surface area contributed by atoms with Crippen LogP contribution in [0.2, 0.25) is 0 Å². The number of amides is 1. The first kappa shape index (κ1) is 17.9. The van der Waals surface area contributed by atoms with Gasteiger partial charge in [0.05, 0.1) is 11.9 Å². The van der Waals surface area contributed by atoms with E-state index in [-0.39, 0.29) is 23.7 Å². The number of fused-ring (bicyclic) bond motifs is 1. The first-order chi connectivity index (χ1) is 13.0. The molecule has 1 aliphatic heterocycles. The summed E-state index contributed by atoms with van der Waals surface area (Å²) in [4.78, 5) is 19.6. The summed E-state index contributed by atoms with van der Waals surface area (Å²) in [6.07, 6.45) is 3.88. The van der Waals surface area contributed by atoms with Crippen LogP contribution in [0.1, 0.15) is 26.7 Å². The number of hydrogen-bond donors (Lipinski definition) is 1. The van der Waals surface area contributed by atoms with Gasteiger partial charge in [0.25, 0.3) is 0 Å². The van der Waals surface area contributed by atoms with E-state index in [0.717, 1.165) is 47.3 Å². The second-order valence-corrected chi connectivity index (χ2v) is 8.13. The average molecular weight is 387 g/mol. The lowest BCUT2D eigenvalue weighted by molar-refractivity contribution is -0.124. The van der Waals surface area contributed by atoms with Crippen LogP contribution < -0.4 is 10.2 Å². The molecule has 1 amide bonds. The molecule has 3 heterocycles. The molecule has 0 aliphatic carbocycles. The fourth-order valence-electron chi connectivity index (χ4n) is 3.21. The van der Waals surface area contributed by atoms with Gasteiger partial charge in [0.2, 0.25) is 16.0 Å². The molecule has 6 nitrogen and oxygen atoms in total.